The maximum atomic E-state index is 6.18. The second kappa shape index (κ2) is 6.19. The van der Waals surface area contributed by atoms with Crippen molar-refractivity contribution >= 4 is 52.2 Å². The first kappa shape index (κ1) is 14.7. The van der Waals surface area contributed by atoms with Gasteiger partial charge in [-0.3, -0.25) is 0 Å². The number of anilines is 1. The highest BCUT2D eigenvalue weighted by molar-refractivity contribution is 6.42. The minimum absolute atomic E-state index is 0.456. The molecule has 2 rings (SSSR count). The van der Waals surface area contributed by atoms with Gasteiger partial charge in [0.25, 0.3) is 0 Å². The Balaban J connectivity index is 2.54. The molecule has 6 heteroatoms. The van der Waals surface area contributed by atoms with Crippen molar-refractivity contribution in [1.29, 1.82) is 0 Å². The molecule has 1 N–H and O–H groups in total. The third kappa shape index (κ3) is 3.26. The van der Waals surface area contributed by atoms with E-state index in [4.69, 9.17) is 46.4 Å². The van der Waals surface area contributed by atoms with Gasteiger partial charge in [0.05, 0.1) is 25.8 Å². The number of halogens is 4. The molecule has 0 spiro atoms. The van der Waals surface area contributed by atoms with Crippen molar-refractivity contribution in [2.24, 2.45) is 0 Å². The van der Waals surface area contributed by atoms with Gasteiger partial charge in [-0.1, -0.05) is 52.5 Å². The highest BCUT2D eigenvalue weighted by Gasteiger charge is 2.12. The first-order valence-electron chi connectivity index (χ1n) is 5.58. The number of nitrogens with zero attached hydrogens (tertiary/aromatic N) is 1. The van der Waals surface area contributed by atoms with E-state index in [1.807, 2.05) is 13.0 Å². The Morgan fingerprint density at radius 1 is 0.947 bits per heavy atom. The van der Waals surface area contributed by atoms with E-state index in [9.17, 15) is 0 Å². The summed E-state index contributed by atoms with van der Waals surface area (Å²) in [6.07, 6.45) is 0. The summed E-state index contributed by atoms with van der Waals surface area (Å²) in [5.74, 6) is 0.592. The largest absolute Gasteiger partial charge is 0.369 e. The molecule has 2 aromatic rings. The fourth-order valence-electron chi connectivity index (χ4n) is 1.60. The number of hydrogen-bond acceptors (Lipinski definition) is 2. The van der Waals surface area contributed by atoms with Crippen molar-refractivity contribution in [3.8, 4) is 11.3 Å². The molecule has 0 aliphatic heterocycles. The van der Waals surface area contributed by atoms with Crippen LogP contribution in [-0.2, 0) is 0 Å². The fourth-order valence-corrected chi connectivity index (χ4v) is 2.44. The molecular weight excluding hydrogens is 326 g/mol. The summed E-state index contributed by atoms with van der Waals surface area (Å²) in [4.78, 5) is 4.43. The lowest BCUT2D eigenvalue weighted by Gasteiger charge is -2.10. The van der Waals surface area contributed by atoms with Crippen LogP contribution in [0, 0.1) is 0 Å². The number of aromatic nitrogens is 1. The van der Waals surface area contributed by atoms with Crippen LogP contribution in [0.3, 0.4) is 0 Å². The lowest BCUT2D eigenvalue weighted by Crippen LogP contribution is -2.01. The minimum atomic E-state index is 0.456. The third-order valence-corrected chi connectivity index (χ3v) is 3.78. The molecule has 100 valence electrons. The summed E-state index contributed by atoms with van der Waals surface area (Å²) in [6, 6.07) is 6.90. The van der Waals surface area contributed by atoms with Crippen LogP contribution in [0.4, 0.5) is 5.82 Å². The van der Waals surface area contributed by atoms with E-state index < -0.39 is 0 Å². The van der Waals surface area contributed by atoms with Gasteiger partial charge in [-0.05, 0) is 25.1 Å². The summed E-state index contributed by atoms with van der Waals surface area (Å²) in [5, 5.41) is 4.97. The molecule has 0 bridgehead atoms. The molecule has 1 heterocycles. The number of hydrogen-bond donors (Lipinski definition) is 1. The molecule has 0 fully saturated rings. The lowest BCUT2D eigenvalue weighted by atomic mass is 10.1. The van der Waals surface area contributed by atoms with Crippen molar-refractivity contribution in [2.75, 3.05) is 11.9 Å². The zero-order valence-electron chi connectivity index (χ0n) is 9.98. The Bertz CT molecular complexity index is 614. The third-order valence-electron chi connectivity index (χ3n) is 2.47. The van der Waals surface area contributed by atoms with Gasteiger partial charge in [-0.25, -0.2) is 4.98 Å². The molecule has 1 aromatic carbocycles. The fraction of sp³-hybridized carbons (Fsp3) is 0.154. The summed E-state index contributed by atoms with van der Waals surface area (Å²) < 4.78 is 0. The van der Waals surface area contributed by atoms with Crippen molar-refractivity contribution in [3.05, 3.63) is 44.4 Å². The number of nitrogens with one attached hydrogen (secondary N) is 1. The Morgan fingerprint density at radius 3 is 2.32 bits per heavy atom. The molecule has 0 aliphatic rings. The van der Waals surface area contributed by atoms with Gasteiger partial charge in [0.2, 0.25) is 0 Å². The van der Waals surface area contributed by atoms with Crippen LogP contribution in [0.2, 0.25) is 20.1 Å². The molecule has 0 amide bonds. The van der Waals surface area contributed by atoms with Gasteiger partial charge in [-0.15, -0.1) is 0 Å². The van der Waals surface area contributed by atoms with Crippen molar-refractivity contribution in [2.45, 2.75) is 6.92 Å². The molecule has 0 radical (unpaired) electrons. The second-order valence-corrected chi connectivity index (χ2v) is 5.44. The normalized spacial score (nSPS) is 10.6. The first-order chi connectivity index (χ1) is 9.02. The van der Waals surface area contributed by atoms with E-state index in [0.29, 0.717) is 31.6 Å². The number of benzene rings is 1. The van der Waals surface area contributed by atoms with Crippen LogP contribution in [0.25, 0.3) is 11.3 Å². The number of rotatable bonds is 3. The summed E-state index contributed by atoms with van der Waals surface area (Å²) in [5.41, 5.74) is 1.40. The Labute approximate surface area is 131 Å². The van der Waals surface area contributed by atoms with Crippen molar-refractivity contribution in [3.63, 3.8) is 0 Å². The topological polar surface area (TPSA) is 24.9 Å². The van der Waals surface area contributed by atoms with Gasteiger partial charge in [0.15, 0.2) is 0 Å². The average molecular weight is 336 g/mol. The monoisotopic (exact) mass is 334 g/mol. The van der Waals surface area contributed by atoms with Gasteiger partial charge in [0, 0.05) is 12.1 Å². The molecule has 0 saturated carbocycles. The highest BCUT2D eigenvalue weighted by atomic mass is 35.5. The van der Waals surface area contributed by atoms with E-state index in [2.05, 4.69) is 10.3 Å². The van der Waals surface area contributed by atoms with Gasteiger partial charge in [0.1, 0.15) is 5.82 Å². The van der Waals surface area contributed by atoms with Crippen LogP contribution >= 0.6 is 46.4 Å². The standard InChI is InChI=1S/C13H10Cl4N2/c1-2-18-13-11(17)6-10(16)12(19-13)7-3-4-8(14)9(15)5-7/h3-6H,2H2,1H3,(H,18,19). The minimum Gasteiger partial charge on any atom is -0.369 e. The van der Waals surface area contributed by atoms with Crippen molar-refractivity contribution < 1.29 is 0 Å². The smallest absolute Gasteiger partial charge is 0.145 e. The Hall–Kier alpha value is -0.670. The van der Waals surface area contributed by atoms with Gasteiger partial charge >= 0.3 is 0 Å². The van der Waals surface area contributed by atoms with Crippen LogP contribution in [-0.4, -0.2) is 11.5 Å². The Kier molecular flexibility index (Phi) is 4.80. The molecule has 0 saturated heterocycles. The predicted molar refractivity (Wildman–Crippen MR) is 83.9 cm³/mol. The predicted octanol–water partition coefficient (Wildman–Crippen LogP) is 5.79. The summed E-state index contributed by atoms with van der Waals surface area (Å²) in [7, 11) is 0. The zero-order chi connectivity index (χ0) is 14.0. The Morgan fingerprint density at radius 2 is 1.68 bits per heavy atom. The van der Waals surface area contributed by atoms with Gasteiger partial charge in [-0.2, -0.15) is 0 Å². The summed E-state index contributed by atoms with van der Waals surface area (Å²) >= 11 is 24.1. The first-order valence-corrected chi connectivity index (χ1v) is 7.09. The molecule has 0 atom stereocenters. The molecule has 2 nitrogen and oxygen atoms in total. The molecule has 19 heavy (non-hydrogen) atoms. The second-order valence-electron chi connectivity index (χ2n) is 3.81. The van der Waals surface area contributed by atoms with E-state index in [1.54, 1.807) is 18.2 Å². The van der Waals surface area contributed by atoms with Crippen LogP contribution in [0.5, 0.6) is 0 Å². The summed E-state index contributed by atoms with van der Waals surface area (Å²) in [6.45, 7) is 2.68. The van der Waals surface area contributed by atoms with Crippen molar-refractivity contribution in [1.82, 2.24) is 4.98 Å². The van der Waals surface area contributed by atoms with Gasteiger partial charge < -0.3 is 5.32 Å². The zero-order valence-corrected chi connectivity index (χ0v) is 13.0. The quantitative estimate of drug-likeness (QED) is 0.767. The van der Waals surface area contributed by atoms with Crippen LogP contribution in [0.1, 0.15) is 6.92 Å². The maximum absolute atomic E-state index is 6.18. The average Bonchev–Trinajstić information content (AvgIpc) is 2.36. The van der Waals surface area contributed by atoms with Crippen LogP contribution < -0.4 is 5.32 Å². The highest BCUT2D eigenvalue weighted by Crippen LogP contribution is 2.34. The molecule has 0 aliphatic carbocycles. The van der Waals surface area contributed by atoms with E-state index in [0.717, 1.165) is 12.1 Å². The van der Waals surface area contributed by atoms with Crippen LogP contribution in [0.15, 0.2) is 24.3 Å². The molecule has 1 aromatic heterocycles. The molecule has 0 unspecified atom stereocenters. The van der Waals surface area contributed by atoms with E-state index >= 15 is 0 Å². The maximum Gasteiger partial charge on any atom is 0.145 e. The SMILES string of the molecule is CCNc1nc(-c2ccc(Cl)c(Cl)c2)c(Cl)cc1Cl. The number of pyridine rings is 1. The van der Waals surface area contributed by atoms with E-state index in [1.165, 1.54) is 0 Å². The van der Waals surface area contributed by atoms with E-state index in [-0.39, 0.29) is 0 Å². The lowest BCUT2D eigenvalue weighted by molar-refractivity contribution is 1.16. The molecular formula is C13H10Cl4N2.